The monoisotopic (exact) mass is 363 g/mol. The molecule has 2 heterocycles. The SMILES string of the molecule is C[C@H](Sc1ncnc2sccc12)C(=O)NCc1ccc(Cl)cc1. The van der Waals surface area contributed by atoms with Gasteiger partial charge in [-0.2, -0.15) is 0 Å². The second-order valence-electron chi connectivity index (χ2n) is 4.92. The van der Waals surface area contributed by atoms with Gasteiger partial charge in [0, 0.05) is 17.0 Å². The second-order valence-corrected chi connectivity index (χ2v) is 7.58. The van der Waals surface area contributed by atoms with Gasteiger partial charge in [-0.1, -0.05) is 35.5 Å². The van der Waals surface area contributed by atoms with Crippen molar-refractivity contribution in [2.45, 2.75) is 23.7 Å². The molecule has 2 aromatic heterocycles. The Morgan fingerprint density at radius 2 is 2.09 bits per heavy atom. The zero-order chi connectivity index (χ0) is 16.2. The summed E-state index contributed by atoms with van der Waals surface area (Å²) in [6.07, 6.45) is 1.54. The molecule has 1 N–H and O–H groups in total. The van der Waals surface area contributed by atoms with Crippen LogP contribution in [0.4, 0.5) is 0 Å². The van der Waals surface area contributed by atoms with E-state index in [1.54, 1.807) is 17.7 Å². The van der Waals surface area contributed by atoms with Gasteiger partial charge in [0.05, 0.1) is 5.25 Å². The highest BCUT2D eigenvalue weighted by atomic mass is 35.5. The third-order valence-electron chi connectivity index (χ3n) is 3.26. The second kappa shape index (κ2) is 7.29. The summed E-state index contributed by atoms with van der Waals surface area (Å²) in [7, 11) is 0. The van der Waals surface area contributed by atoms with Gasteiger partial charge in [-0.3, -0.25) is 4.79 Å². The van der Waals surface area contributed by atoms with Crippen molar-refractivity contribution in [2.75, 3.05) is 0 Å². The third kappa shape index (κ3) is 4.02. The van der Waals surface area contributed by atoms with E-state index in [2.05, 4.69) is 15.3 Å². The van der Waals surface area contributed by atoms with Crippen LogP contribution in [0.5, 0.6) is 0 Å². The lowest BCUT2D eigenvalue weighted by Crippen LogP contribution is -2.30. The van der Waals surface area contributed by atoms with Gasteiger partial charge in [-0.25, -0.2) is 9.97 Å². The summed E-state index contributed by atoms with van der Waals surface area (Å²) in [5, 5.41) is 7.21. The maximum atomic E-state index is 12.3. The Morgan fingerprint density at radius 1 is 1.30 bits per heavy atom. The van der Waals surface area contributed by atoms with Crippen molar-refractivity contribution < 1.29 is 4.79 Å². The van der Waals surface area contributed by atoms with E-state index in [4.69, 9.17) is 11.6 Å². The van der Waals surface area contributed by atoms with Crippen molar-refractivity contribution in [3.63, 3.8) is 0 Å². The quantitative estimate of drug-likeness (QED) is 0.546. The Kier molecular flexibility index (Phi) is 5.15. The third-order valence-corrected chi connectivity index (χ3v) is 5.45. The highest BCUT2D eigenvalue weighted by Crippen LogP contribution is 2.30. The molecule has 0 saturated heterocycles. The van der Waals surface area contributed by atoms with E-state index in [9.17, 15) is 4.79 Å². The van der Waals surface area contributed by atoms with Gasteiger partial charge in [0.25, 0.3) is 0 Å². The molecular formula is C16H14ClN3OS2. The molecule has 0 saturated carbocycles. The van der Waals surface area contributed by atoms with Crippen molar-refractivity contribution in [3.8, 4) is 0 Å². The van der Waals surface area contributed by atoms with E-state index >= 15 is 0 Å². The van der Waals surface area contributed by atoms with E-state index in [1.165, 1.54) is 11.8 Å². The lowest BCUT2D eigenvalue weighted by Gasteiger charge is -2.12. The van der Waals surface area contributed by atoms with Crippen molar-refractivity contribution >= 4 is 50.8 Å². The summed E-state index contributed by atoms with van der Waals surface area (Å²) in [6, 6.07) is 9.42. The van der Waals surface area contributed by atoms with E-state index in [0.29, 0.717) is 11.6 Å². The Bertz CT molecular complexity index is 820. The number of benzene rings is 1. The van der Waals surface area contributed by atoms with E-state index in [0.717, 1.165) is 20.8 Å². The minimum atomic E-state index is -0.236. The number of aromatic nitrogens is 2. The van der Waals surface area contributed by atoms with Gasteiger partial charge in [-0.05, 0) is 36.1 Å². The Hall–Kier alpha value is -1.63. The van der Waals surface area contributed by atoms with Crippen molar-refractivity contribution in [1.29, 1.82) is 0 Å². The zero-order valence-electron chi connectivity index (χ0n) is 12.3. The molecule has 3 aromatic rings. The number of nitrogens with one attached hydrogen (secondary N) is 1. The molecule has 0 aliphatic heterocycles. The first-order valence-corrected chi connectivity index (χ1v) is 9.14. The first-order valence-electron chi connectivity index (χ1n) is 7.00. The fourth-order valence-corrected chi connectivity index (χ4v) is 3.87. The number of thiophene rings is 1. The summed E-state index contributed by atoms with van der Waals surface area (Å²) >= 11 is 8.87. The smallest absolute Gasteiger partial charge is 0.233 e. The number of carbonyl (C=O) groups is 1. The minimum absolute atomic E-state index is 0.0214. The van der Waals surface area contributed by atoms with Crippen molar-refractivity contribution in [3.05, 3.63) is 52.6 Å². The Morgan fingerprint density at radius 3 is 2.87 bits per heavy atom. The molecule has 4 nitrogen and oxygen atoms in total. The fraction of sp³-hybridized carbons (Fsp3) is 0.188. The predicted octanol–water partition coefficient (Wildman–Crippen LogP) is 4.14. The molecule has 0 radical (unpaired) electrons. The van der Waals surface area contributed by atoms with Crippen LogP contribution in [-0.2, 0) is 11.3 Å². The predicted molar refractivity (Wildman–Crippen MR) is 96.0 cm³/mol. The van der Waals surface area contributed by atoms with Crippen LogP contribution in [0, 0.1) is 0 Å². The number of rotatable bonds is 5. The van der Waals surface area contributed by atoms with Gasteiger partial charge < -0.3 is 5.32 Å². The average Bonchev–Trinajstić information content (AvgIpc) is 3.03. The number of fused-ring (bicyclic) bond motifs is 1. The normalized spacial score (nSPS) is 12.3. The molecule has 0 unspecified atom stereocenters. The topological polar surface area (TPSA) is 54.9 Å². The van der Waals surface area contributed by atoms with Crippen LogP contribution >= 0.6 is 34.7 Å². The largest absolute Gasteiger partial charge is 0.351 e. The van der Waals surface area contributed by atoms with Crippen LogP contribution in [0.25, 0.3) is 10.2 Å². The molecule has 118 valence electrons. The number of hydrogen-bond donors (Lipinski definition) is 1. The number of hydrogen-bond acceptors (Lipinski definition) is 5. The molecule has 0 spiro atoms. The van der Waals surface area contributed by atoms with Gasteiger partial charge in [-0.15, -0.1) is 11.3 Å². The summed E-state index contributed by atoms with van der Waals surface area (Å²) in [6.45, 7) is 2.36. The zero-order valence-corrected chi connectivity index (χ0v) is 14.7. The van der Waals surface area contributed by atoms with Gasteiger partial charge in [0.15, 0.2) is 0 Å². The molecule has 0 bridgehead atoms. The van der Waals surface area contributed by atoms with Crippen LogP contribution < -0.4 is 5.32 Å². The van der Waals surface area contributed by atoms with Crippen LogP contribution in [0.1, 0.15) is 12.5 Å². The molecule has 7 heteroatoms. The van der Waals surface area contributed by atoms with Gasteiger partial charge in [0.2, 0.25) is 5.91 Å². The standard InChI is InChI=1S/C16H14ClN3OS2/c1-10(14(21)18-8-11-2-4-12(17)5-3-11)23-16-13-6-7-22-15(13)19-9-20-16/h2-7,9-10H,8H2,1H3,(H,18,21)/t10-/m0/s1. The molecule has 1 amide bonds. The van der Waals surface area contributed by atoms with E-state index < -0.39 is 0 Å². The summed E-state index contributed by atoms with van der Waals surface area (Å²) in [5.41, 5.74) is 1.02. The highest BCUT2D eigenvalue weighted by Gasteiger charge is 2.17. The fourth-order valence-electron chi connectivity index (χ4n) is 2.02. The minimum Gasteiger partial charge on any atom is -0.351 e. The molecule has 1 atom stereocenters. The van der Waals surface area contributed by atoms with Crippen molar-refractivity contribution in [2.24, 2.45) is 0 Å². The van der Waals surface area contributed by atoms with Crippen molar-refractivity contribution in [1.82, 2.24) is 15.3 Å². The summed E-state index contributed by atoms with van der Waals surface area (Å²) < 4.78 is 0. The number of amides is 1. The molecule has 1 aromatic carbocycles. The van der Waals surface area contributed by atoms with Crippen LogP contribution in [0.2, 0.25) is 5.02 Å². The van der Waals surface area contributed by atoms with E-state index in [1.807, 2.05) is 42.6 Å². The molecule has 0 fully saturated rings. The Balaban J connectivity index is 1.61. The molecule has 0 aliphatic carbocycles. The number of halogens is 1. The lowest BCUT2D eigenvalue weighted by atomic mass is 10.2. The summed E-state index contributed by atoms with van der Waals surface area (Å²) in [4.78, 5) is 21.7. The summed E-state index contributed by atoms with van der Waals surface area (Å²) in [5.74, 6) is -0.0214. The molecule has 0 aliphatic rings. The molecule has 23 heavy (non-hydrogen) atoms. The Labute approximate surface area is 147 Å². The first-order chi connectivity index (χ1) is 11.1. The molecule has 3 rings (SSSR count). The number of nitrogens with zero attached hydrogens (tertiary/aromatic N) is 2. The number of carbonyl (C=O) groups excluding carboxylic acids is 1. The van der Waals surface area contributed by atoms with Crippen LogP contribution in [0.15, 0.2) is 47.1 Å². The maximum Gasteiger partial charge on any atom is 0.233 e. The average molecular weight is 364 g/mol. The van der Waals surface area contributed by atoms with Gasteiger partial charge in [0.1, 0.15) is 16.2 Å². The van der Waals surface area contributed by atoms with Crippen LogP contribution in [0.3, 0.4) is 0 Å². The first kappa shape index (κ1) is 16.2. The molecular weight excluding hydrogens is 350 g/mol. The van der Waals surface area contributed by atoms with Crippen LogP contribution in [-0.4, -0.2) is 21.1 Å². The lowest BCUT2D eigenvalue weighted by molar-refractivity contribution is -0.120. The van der Waals surface area contributed by atoms with E-state index in [-0.39, 0.29) is 11.2 Å². The highest BCUT2D eigenvalue weighted by molar-refractivity contribution is 8.00. The maximum absolute atomic E-state index is 12.3. The number of thioether (sulfide) groups is 1. The van der Waals surface area contributed by atoms with Gasteiger partial charge >= 0.3 is 0 Å².